The lowest BCUT2D eigenvalue weighted by Crippen LogP contribution is -2.39. The summed E-state index contributed by atoms with van der Waals surface area (Å²) in [5, 5.41) is 14.2. The van der Waals surface area contributed by atoms with Crippen LogP contribution in [0, 0.1) is 6.92 Å². The third kappa shape index (κ3) is 4.42. The van der Waals surface area contributed by atoms with Crippen LogP contribution in [-0.4, -0.2) is 36.9 Å². The molecule has 0 fully saturated rings. The van der Waals surface area contributed by atoms with Crippen LogP contribution >= 0.6 is 0 Å². The molecule has 1 atom stereocenters. The predicted molar refractivity (Wildman–Crippen MR) is 66.2 cm³/mol. The number of aryl methyl sites for hydroxylation is 1. The van der Waals surface area contributed by atoms with E-state index in [-0.39, 0.29) is 6.54 Å². The molecule has 0 bridgehead atoms. The minimum absolute atomic E-state index is 0.204. The molecule has 18 heavy (non-hydrogen) atoms. The third-order valence-electron chi connectivity index (χ3n) is 2.24. The molecule has 1 rings (SSSR count). The molecule has 0 aliphatic heterocycles. The quantitative estimate of drug-likeness (QED) is 0.687. The van der Waals surface area contributed by atoms with Crippen LogP contribution in [0.4, 0.5) is 10.5 Å². The van der Waals surface area contributed by atoms with Crippen molar-refractivity contribution in [1.82, 2.24) is 5.32 Å². The first-order valence-corrected chi connectivity index (χ1v) is 5.40. The van der Waals surface area contributed by atoms with Crippen molar-refractivity contribution < 1.29 is 19.4 Å². The third-order valence-corrected chi connectivity index (χ3v) is 2.24. The highest BCUT2D eigenvalue weighted by atomic mass is 16.5. The number of rotatable bonds is 4. The van der Waals surface area contributed by atoms with Crippen molar-refractivity contribution in [3.63, 3.8) is 0 Å². The second kappa shape index (κ2) is 6.61. The molecule has 3 N–H and O–H groups in total. The van der Waals surface area contributed by atoms with E-state index in [1.807, 2.05) is 19.1 Å². The van der Waals surface area contributed by atoms with Crippen molar-refractivity contribution in [1.29, 1.82) is 0 Å². The molecule has 0 saturated heterocycles. The molecule has 0 aliphatic rings. The first-order chi connectivity index (χ1) is 8.52. The number of esters is 1. The zero-order valence-electron chi connectivity index (χ0n) is 10.3. The molecule has 0 radical (unpaired) electrons. The van der Waals surface area contributed by atoms with E-state index in [9.17, 15) is 14.7 Å². The highest BCUT2D eigenvalue weighted by Crippen LogP contribution is 2.07. The van der Waals surface area contributed by atoms with Gasteiger partial charge in [0.15, 0.2) is 6.10 Å². The Morgan fingerprint density at radius 3 is 2.50 bits per heavy atom. The number of aliphatic hydroxyl groups is 1. The van der Waals surface area contributed by atoms with Gasteiger partial charge in [-0.25, -0.2) is 9.59 Å². The van der Waals surface area contributed by atoms with Crippen molar-refractivity contribution in [3.05, 3.63) is 29.8 Å². The summed E-state index contributed by atoms with van der Waals surface area (Å²) in [4.78, 5) is 22.3. The summed E-state index contributed by atoms with van der Waals surface area (Å²) in [6.07, 6.45) is -1.36. The molecule has 6 nitrogen and oxygen atoms in total. The van der Waals surface area contributed by atoms with Crippen LogP contribution in [0.2, 0.25) is 0 Å². The summed E-state index contributed by atoms with van der Waals surface area (Å²) in [7, 11) is 1.16. The number of hydrogen-bond donors (Lipinski definition) is 3. The van der Waals surface area contributed by atoms with E-state index in [2.05, 4.69) is 15.4 Å². The summed E-state index contributed by atoms with van der Waals surface area (Å²) in [6.45, 7) is 1.74. The number of carbonyl (C=O) groups is 2. The second-order valence-corrected chi connectivity index (χ2v) is 3.74. The van der Waals surface area contributed by atoms with Gasteiger partial charge in [0.05, 0.1) is 13.7 Å². The lowest BCUT2D eigenvalue weighted by Gasteiger charge is -2.10. The van der Waals surface area contributed by atoms with Gasteiger partial charge in [-0.1, -0.05) is 17.7 Å². The average Bonchev–Trinajstić information content (AvgIpc) is 2.37. The number of amides is 2. The molecule has 1 aromatic carbocycles. The van der Waals surface area contributed by atoms with Crippen molar-refractivity contribution >= 4 is 17.7 Å². The van der Waals surface area contributed by atoms with E-state index < -0.39 is 18.1 Å². The van der Waals surface area contributed by atoms with E-state index >= 15 is 0 Å². The van der Waals surface area contributed by atoms with Crippen LogP contribution < -0.4 is 10.6 Å². The molecule has 2 amide bonds. The summed E-state index contributed by atoms with van der Waals surface area (Å²) in [5.74, 6) is -0.786. The van der Waals surface area contributed by atoms with Gasteiger partial charge in [0, 0.05) is 5.69 Å². The Kier molecular flexibility index (Phi) is 5.13. The lowest BCUT2D eigenvalue weighted by atomic mass is 10.2. The van der Waals surface area contributed by atoms with E-state index in [0.717, 1.165) is 12.7 Å². The fraction of sp³-hybridized carbons (Fsp3) is 0.333. The number of ether oxygens (including phenoxy) is 1. The van der Waals surface area contributed by atoms with E-state index in [4.69, 9.17) is 0 Å². The molecule has 0 saturated carbocycles. The summed E-state index contributed by atoms with van der Waals surface area (Å²) in [6, 6.07) is 6.73. The fourth-order valence-electron chi connectivity index (χ4n) is 1.22. The number of benzene rings is 1. The van der Waals surface area contributed by atoms with Crippen molar-refractivity contribution in [2.75, 3.05) is 19.0 Å². The first kappa shape index (κ1) is 14.0. The van der Waals surface area contributed by atoms with Crippen LogP contribution in [-0.2, 0) is 9.53 Å². The number of anilines is 1. The predicted octanol–water partition coefficient (Wildman–Crippen LogP) is 0.650. The Hall–Kier alpha value is -2.08. The Balaban J connectivity index is 2.38. The monoisotopic (exact) mass is 252 g/mol. The Morgan fingerprint density at radius 2 is 1.94 bits per heavy atom. The van der Waals surface area contributed by atoms with Gasteiger partial charge in [0.25, 0.3) is 0 Å². The van der Waals surface area contributed by atoms with Crippen molar-refractivity contribution in [2.24, 2.45) is 0 Å². The van der Waals surface area contributed by atoms with E-state index in [0.29, 0.717) is 5.69 Å². The summed E-state index contributed by atoms with van der Waals surface area (Å²) in [5.41, 5.74) is 1.72. The van der Waals surface area contributed by atoms with Crippen LogP contribution in [0.1, 0.15) is 5.56 Å². The van der Waals surface area contributed by atoms with Crippen molar-refractivity contribution in [2.45, 2.75) is 13.0 Å². The molecule has 0 heterocycles. The van der Waals surface area contributed by atoms with Crippen LogP contribution in [0.15, 0.2) is 24.3 Å². The number of nitrogens with one attached hydrogen (secondary N) is 2. The minimum Gasteiger partial charge on any atom is -0.467 e. The zero-order chi connectivity index (χ0) is 13.5. The Morgan fingerprint density at radius 1 is 1.33 bits per heavy atom. The zero-order valence-corrected chi connectivity index (χ0v) is 10.3. The summed E-state index contributed by atoms with van der Waals surface area (Å²) >= 11 is 0. The molecule has 1 unspecified atom stereocenters. The molecule has 98 valence electrons. The van der Waals surface area contributed by atoms with Gasteiger partial charge in [-0.05, 0) is 19.1 Å². The molecular weight excluding hydrogens is 236 g/mol. The lowest BCUT2D eigenvalue weighted by molar-refractivity contribution is -0.149. The van der Waals surface area contributed by atoms with Gasteiger partial charge in [0.2, 0.25) is 0 Å². The second-order valence-electron chi connectivity index (χ2n) is 3.74. The SMILES string of the molecule is COC(=O)C(O)CNC(=O)Nc1ccc(C)cc1. The highest BCUT2D eigenvalue weighted by molar-refractivity contribution is 5.89. The number of urea groups is 1. The normalized spacial score (nSPS) is 11.5. The molecule has 0 aliphatic carbocycles. The maximum atomic E-state index is 11.4. The molecule has 0 aromatic heterocycles. The van der Waals surface area contributed by atoms with Gasteiger partial charge < -0.3 is 20.5 Å². The molecular formula is C12H16N2O4. The van der Waals surface area contributed by atoms with Gasteiger partial charge in [-0.15, -0.1) is 0 Å². The number of methoxy groups -OCH3 is 1. The van der Waals surface area contributed by atoms with Gasteiger partial charge in [-0.2, -0.15) is 0 Å². The summed E-state index contributed by atoms with van der Waals surface area (Å²) < 4.78 is 4.32. The number of carbonyl (C=O) groups excluding carboxylic acids is 2. The van der Waals surface area contributed by atoms with Gasteiger partial charge in [0.1, 0.15) is 0 Å². The maximum absolute atomic E-state index is 11.4. The van der Waals surface area contributed by atoms with Crippen LogP contribution in [0.5, 0.6) is 0 Å². The number of aliphatic hydroxyl groups excluding tert-OH is 1. The van der Waals surface area contributed by atoms with E-state index in [1.54, 1.807) is 12.1 Å². The molecule has 0 spiro atoms. The number of hydrogen-bond acceptors (Lipinski definition) is 4. The topological polar surface area (TPSA) is 87.7 Å². The van der Waals surface area contributed by atoms with Gasteiger partial charge in [-0.3, -0.25) is 0 Å². The maximum Gasteiger partial charge on any atom is 0.336 e. The van der Waals surface area contributed by atoms with Crippen molar-refractivity contribution in [3.8, 4) is 0 Å². The Labute approximate surface area is 105 Å². The first-order valence-electron chi connectivity index (χ1n) is 5.40. The molecule has 1 aromatic rings. The van der Waals surface area contributed by atoms with E-state index in [1.165, 1.54) is 0 Å². The smallest absolute Gasteiger partial charge is 0.336 e. The minimum atomic E-state index is -1.36. The van der Waals surface area contributed by atoms with Crippen LogP contribution in [0.3, 0.4) is 0 Å². The highest BCUT2D eigenvalue weighted by Gasteiger charge is 2.15. The van der Waals surface area contributed by atoms with Crippen LogP contribution in [0.25, 0.3) is 0 Å². The Bertz CT molecular complexity index is 417. The average molecular weight is 252 g/mol. The fourth-order valence-corrected chi connectivity index (χ4v) is 1.22. The molecule has 6 heteroatoms. The van der Waals surface area contributed by atoms with Gasteiger partial charge >= 0.3 is 12.0 Å². The standard InChI is InChI=1S/C12H16N2O4/c1-8-3-5-9(6-4-8)14-12(17)13-7-10(15)11(16)18-2/h3-6,10,15H,7H2,1-2H3,(H2,13,14,17). The largest absolute Gasteiger partial charge is 0.467 e.